The molecule has 6 N–H and O–H groups in total. The van der Waals surface area contributed by atoms with Gasteiger partial charge >= 0.3 is 0 Å². The summed E-state index contributed by atoms with van der Waals surface area (Å²) in [6.45, 7) is 4.02. The molecule has 0 radical (unpaired) electrons. The van der Waals surface area contributed by atoms with E-state index in [0.717, 1.165) is 19.3 Å². The lowest BCUT2D eigenvalue weighted by Gasteiger charge is -1.95. The van der Waals surface area contributed by atoms with Crippen molar-refractivity contribution in [2.45, 2.75) is 58.3 Å². The van der Waals surface area contributed by atoms with Crippen molar-refractivity contribution in [1.82, 2.24) is 0 Å². The van der Waals surface area contributed by atoms with E-state index in [0.29, 0.717) is 12.8 Å². The van der Waals surface area contributed by atoms with Gasteiger partial charge in [-0.05, 0) is 32.6 Å². The van der Waals surface area contributed by atoms with Gasteiger partial charge in [-0.3, -0.25) is 0 Å². The van der Waals surface area contributed by atoms with Crippen LogP contribution >= 0.6 is 0 Å². The van der Waals surface area contributed by atoms with Gasteiger partial charge in [-0.15, -0.1) is 0 Å². The monoisotopic (exact) mass is 270 g/mol. The molecule has 0 amide bonds. The van der Waals surface area contributed by atoms with Crippen LogP contribution in [0, 0.1) is 0 Å². The second-order valence-corrected chi connectivity index (χ2v) is 3.78. The molecule has 0 aliphatic rings. The van der Waals surface area contributed by atoms with Crippen molar-refractivity contribution in [2.75, 3.05) is 19.8 Å². The van der Waals surface area contributed by atoms with E-state index in [-0.39, 0.29) is 25.9 Å². The molecule has 0 saturated carbocycles. The van der Waals surface area contributed by atoms with E-state index < -0.39 is 6.29 Å². The third-order valence-corrected chi connectivity index (χ3v) is 1.66. The Bertz CT molecular complexity index is 105. The lowest BCUT2D eigenvalue weighted by atomic mass is 10.3. The topological polar surface area (TPSA) is 121 Å². The van der Waals surface area contributed by atoms with Gasteiger partial charge in [0.2, 0.25) is 0 Å². The van der Waals surface area contributed by atoms with Gasteiger partial charge in [0.15, 0.2) is 6.29 Å². The van der Waals surface area contributed by atoms with Crippen LogP contribution < -0.4 is 0 Å². The molecule has 114 valence electrons. The predicted octanol–water partition coefficient (Wildman–Crippen LogP) is -0.402. The van der Waals surface area contributed by atoms with Gasteiger partial charge in [-0.25, -0.2) is 0 Å². The zero-order valence-electron chi connectivity index (χ0n) is 11.5. The van der Waals surface area contributed by atoms with E-state index in [4.69, 9.17) is 30.6 Å². The molecule has 1 unspecified atom stereocenters. The predicted molar refractivity (Wildman–Crippen MR) is 69.9 cm³/mol. The number of hydrogen-bond acceptors (Lipinski definition) is 6. The zero-order valence-corrected chi connectivity index (χ0v) is 11.5. The van der Waals surface area contributed by atoms with Crippen LogP contribution in [0.15, 0.2) is 0 Å². The molecule has 6 heteroatoms. The molecule has 0 heterocycles. The molecule has 0 rings (SSSR count). The first-order valence-corrected chi connectivity index (χ1v) is 6.32. The standard InChI is InChI=1S/3C4H10O2/c1-4(6)2-3-5;1-2-3-4(5)6;5-3-1-2-4-6/h2*4-6H,2-3H2,1H3;5-6H,1-4H2. The van der Waals surface area contributed by atoms with Crippen molar-refractivity contribution < 1.29 is 30.6 Å². The fraction of sp³-hybridized carbons (Fsp3) is 1.00. The lowest BCUT2D eigenvalue weighted by molar-refractivity contribution is -0.0453. The van der Waals surface area contributed by atoms with Crippen LogP contribution in [-0.2, 0) is 0 Å². The maximum Gasteiger partial charge on any atom is 0.151 e. The molecule has 0 aromatic rings. The Kier molecular flexibility index (Phi) is 28.0. The van der Waals surface area contributed by atoms with Crippen LogP contribution in [0.1, 0.15) is 46.0 Å². The van der Waals surface area contributed by atoms with Gasteiger partial charge in [0, 0.05) is 19.8 Å². The first-order chi connectivity index (χ1) is 8.45. The van der Waals surface area contributed by atoms with Crippen molar-refractivity contribution >= 4 is 0 Å². The fourth-order valence-corrected chi connectivity index (χ4v) is 0.669. The van der Waals surface area contributed by atoms with Gasteiger partial charge < -0.3 is 30.6 Å². The highest BCUT2D eigenvalue weighted by Crippen LogP contribution is 1.88. The Balaban J connectivity index is -0.000000187. The van der Waals surface area contributed by atoms with Crippen molar-refractivity contribution in [1.29, 1.82) is 0 Å². The van der Waals surface area contributed by atoms with Crippen LogP contribution in [0.3, 0.4) is 0 Å². The smallest absolute Gasteiger partial charge is 0.151 e. The van der Waals surface area contributed by atoms with E-state index in [9.17, 15) is 0 Å². The van der Waals surface area contributed by atoms with E-state index in [1.807, 2.05) is 6.92 Å². The molecule has 6 nitrogen and oxygen atoms in total. The minimum atomic E-state index is -1.10. The summed E-state index contributed by atoms with van der Waals surface area (Å²) >= 11 is 0. The van der Waals surface area contributed by atoms with Gasteiger partial charge in [0.1, 0.15) is 0 Å². The molecule has 0 bridgehead atoms. The van der Waals surface area contributed by atoms with Crippen LogP contribution in [0.25, 0.3) is 0 Å². The van der Waals surface area contributed by atoms with Crippen molar-refractivity contribution in [3.05, 3.63) is 0 Å². The lowest BCUT2D eigenvalue weighted by Crippen LogP contribution is -2.01. The Morgan fingerprint density at radius 1 is 0.778 bits per heavy atom. The highest BCUT2D eigenvalue weighted by atomic mass is 16.5. The molecule has 0 saturated heterocycles. The zero-order chi connectivity index (χ0) is 14.8. The summed E-state index contributed by atoms with van der Waals surface area (Å²) in [7, 11) is 0. The maximum absolute atomic E-state index is 8.39. The van der Waals surface area contributed by atoms with Crippen LogP contribution in [0.5, 0.6) is 0 Å². The molecule has 0 aromatic heterocycles. The van der Waals surface area contributed by atoms with Gasteiger partial charge in [-0.1, -0.05) is 13.3 Å². The molecule has 0 aromatic carbocycles. The summed E-state index contributed by atoms with van der Waals surface area (Å²) in [5, 5.41) is 48.9. The molecular weight excluding hydrogens is 240 g/mol. The fourth-order valence-electron chi connectivity index (χ4n) is 0.669. The van der Waals surface area contributed by atoms with Gasteiger partial charge in [-0.2, -0.15) is 0 Å². The normalized spacial score (nSPS) is 11.2. The molecule has 0 spiro atoms. The molecule has 0 aliphatic heterocycles. The Labute approximate surface area is 110 Å². The number of unbranched alkanes of at least 4 members (excludes halogenated alkanes) is 1. The number of aliphatic hydroxyl groups excluding tert-OH is 5. The molecule has 1 atom stereocenters. The molecule has 0 aliphatic carbocycles. The van der Waals surface area contributed by atoms with E-state index in [1.165, 1.54) is 0 Å². The van der Waals surface area contributed by atoms with E-state index in [1.54, 1.807) is 6.92 Å². The number of aliphatic hydroxyl groups is 6. The SMILES string of the molecule is CC(O)CCO.CCCC(O)O.OCCCCO. The van der Waals surface area contributed by atoms with Gasteiger partial charge in [0.05, 0.1) is 6.10 Å². The minimum absolute atomic E-state index is 0.0810. The van der Waals surface area contributed by atoms with Crippen LogP contribution in [0.4, 0.5) is 0 Å². The summed E-state index contributed by atoms with van der Waals surface area (Å²) in [4.78, 5) is 0. The van der Waals surface area contributed by atoms with Crippen molar-refractivity contribution in [3.8, 4) is 0 Å². The summed E-state index contributed by atoms with van der Waals surface area (Å²) in [6.07, 6.45) is 1.79. The van der Waals surface area contributed by atoms with Crippen LogP contribution in [0.2, 0.25) is 0 Å². The maximum atomic E-state index is 8.39. The van der Waals surface area contributed by atoms with Crippen molar-refractivity contribution in [3.63, 3.8) is 0 Å². The Morgan fingerprint density at radius 2 is 1.22 bits per heavy atom. The second kappa shape index (κ2) is 22.0. The second-order valence-electron chi connectivity index (χ2n) is 3.78. The van der Waals surface area contributed by atoms with Gasteiger partial charge in [0.25, 0.3) is 0 Å². The average Bonchev–Trinajstić information content (AvgIpc) is 2.27. The molecule has 18 heavy (non-hydrogen) atoms. The quantitative estimate of drug-likeness (QED) is 0.276. The van der Waals surface area contributed by atoms with Crippen molar-refractivity contribution in [2.24, 2.45) is 0 Å². The third-order valence-electron chi connectivity index (χ3n) is 1.66. The largest absolute Gasteiger partial charge is 0.396 e. The third kappa shape index (κ3) is 44.7. The summed E-state index contributed by atoms with van der Waals surface area (Å²) in [5.41, 5.74) is 0. The number of hydrogen-bond donors (Lipinski definition) is 6. The number of rotatable bonds is 7. The highest BCUT2D eigenvalue weighted by Gasteiger charge is 1.89. The summed E-state index contributed by atoms with van der Waals surface area (Å²) in [6, 6.07) is 0. The Morgan fingerprint density at radius 3 is 1.28 bits per heavy atom. The van der Waals surface area contributed by atoms with E-state index in [2.05, 4.69) is 0 Å². The van der Waals surface area contributed by atoms with Crippen LogP contribution in [-0.4, -0.2) is 62.9 Å². The molecular formula is C12H30O6. The summed E-state index contributed by atoms with van der Waals surface area (Å²) in [5.74, 6) is 0. The highest BCUT2D eigenvalue weighted by molar-refractivity contribution is 4.40. The first kappa shape index (κ1) is 22.9. The van der Waals surface area contributed by atoms with E-state index >= 15 is 0 Å². The Hall–Kier alpha value is -0.240. The first-order valence-electron chi connectivity index (χ1n) is 6.32. The average molecular weight is 270 g/mol. The molecule has 0 fully saturated rings. The summed E-state index contributed by atoms with van der Waals surface area (Å²) < 4.78 is 0. The minimum Gasteiger partial charge on any atom is -0.396 e.